The van der Waals surface area contributed by atoms with Gasteiger partial charge in [-0.25, -0.2) is 4.90 Å². The maximum absolute atomic E-state index is 12.3. The lowest BCUT2D eigenvalue weighted by Gasteiger charge is -2.08. The summed E-state index contributed by atoms with van der Waals surface area (Å²) in [6.07, 6.45) is 2.86. The van der Waals surface area contributed by atoms with Gasteiger partial charge in [0.1, 0.15) is 0 Å². The van der Waals surface area contributed by atoms with E-state index >= 15 is 0 Å². The van der Waals surface area contributed by atoms with Crippen molar-refractivity contribution in [2.45, 2.75) is 6.42 Å². The maximum Gasteiger partial charge on any atom is 0.307 e. The number of imide groups is 1. The summed E-state index contributed by atoms with van der Waals surface area (Å²) in [5.41, 5.74) is 2.03. The van der Waals surface area contributed by atoms with Gasteiger partial charge in [0.05, 0.1) is 17.5 Å². The molecule has 1 heterocycles. The van der Waals surface area contributed by atoms with E-state index in [1.54, 1.807) is 54.6 Å². The topological polar surface area (TPSA) is 74.7 Å². The molecule has 0 atom stereocenters. The Kier molecular flexibility index (Phi) is 3.76. The standard InChI is InChI=1S/C18H13NO4/c20-16(21)11-13-6-2-1-5-12(13)9-10-19-17(22)14-7-3-4-8-15(14)18(19)23/h1-10H,11H2,(H,20,21). The van der Waals surface area contributed by atoms with E-state index in [4.69, 9.17) is 5.11 Å². The van der Waals surface area contributed by atoms with E-state index in [0.29, 0.717) is 22.3 Å². The molecule has 0 bridgehead atoms. The van der Waals surface area contributed by atoms with Gasteiger partial charge in [0.25, 0.3) is 11.8 Å². The first-order chi connectivity index (χ1) is 11.1. The predicted octanol–water partition coefficient (Wildman–Crippen LogP) is 2.58. The molecule has 0 aromatic heterocycles. The molecular formula is C18H13NO4. The number of carboxylic acids is 1. The summed E-state index contributed by atoms with van der Waals surface area (Å²) in [7, 11) is 0. The molecule has 2 aromatic carbocycles. The molecule has 3 rings (SSSR count). The molecule has 1 aliphatic heterocycles. The van der Waals surface area contributed by atoms with Crippen molar-refractivity contribution in [2.24, 2.45) is 0 Å². The van der Waals surface area contributed by atoms with E-state index < -0.39 is 5.97 Å². The van der Waals surface area contributed by atoms with Gasteiger partial charge in [-0.15, -0.1) is 0 Å². The highest BCUT2D eigenvalue weighted by atomic mass is 16.4. The minimum absolute atomic E-state index is 0.122. The molecule has 23 heavy (non-hydrogen) atoms. The van der Waals surface area contributed by atoms with E-state index in [-0.39, 0.29) is 18.2 Å². The minimum Gasteiger partial charge on any atom is -0.481 e. The molecule has 2 aromatic rings. The van der Waals surface area contributed by atoms with Gasteiger partial charge in [0.2, 0.25) is 0 Å². The zero-order valence-electron chi connectivity index (χ0n) is 12.1. The second-order valence-electron chi connectivity index (χ2n) is 5.11. The molecule has 1 aliphatic rings. The number of amides is 2. The molecule has 5 nitrogen and oxygen atoms in total. The maximum atomic E-state index is 12.3. The fourth-order valence-electron chi connectivity index (χ4n) is 2.52. The van der Waals surface area contributed by atoms with Gasteiger partial charge in [-0.3, -0.25) is 14.4 Å². The monoisotopic (exact) mass is 307 g/mol. The molecule has 5 heteroatoms. The summed E-state index contributed by atoms with van der Waals surface area (Å²) in [4.78, 5) is 36.4. The van der Waals surface area contributed by atoms with Crippen LogP contribution in [0, 0.1) is 0 Å². The molecule has 0 saturated heterocycles. The molecule has 0 unspecified atom stereocenters. The molecular weight excluding hydrogens is 294 g/mol. The Morgan fingerprint density at radius 2 is 1.52 bits per heavy atom. The van der Waals surface area contributed by atoms with Crippen LogP contribution in [-0.4, -0.2) is 27.8 Å². The Morgan fingerprint density at radius 1 is 0.957 bits per heavy atom. The van der Waals surface area contributed by atoms with Crippen molar-refractivity contribution >= 4 is 23.9 Å². The van der Waals surface area contributed by atoms with Gasteiger partial charge in [0.15, 0.2) is 0 Å². The van der Waals surface area contributed by atoms with Crippen LogP contribution in [0.25, 0.3) is 6.08 Å². The van der Waals surface area contributed by atoms with Crippen LogP contribution in [0.2, 0.25) is 0 Å². The molecule has 2 amide bonds. The summed E-state index contributed by atoms with van der Waals surface area (Å²) in [5.74, 6) is -1.69. The third-order valence-electron chi connectivity index (χ3n) is 3.63. The average Bonchev–Trinajstić information content (AvgIpc) is 2.78. The third-order valence-corrected chi connectivity index (χ3v) is 3.63. The number of rotatable bonds is 4. The molecule has 0 saturated carbocycles. The van der Waals surface area contributed by atoms with Crippen LogP contribution < -0.4 is 0 Å². The second kappa shape index (κ2) is 5.88. The Morgan fingerprint density at radius 3 is 2.13 bits per heavy atom. The zero-order chi connectivity index (χ0) is 16.4. The van der Waals surface area contributed by atoms with Crippen molar-refractivity contribution in [1.82, 2.24) is 4.90 Å². The minimum atomic E-state index is -0.938. The lowest BCUT2D eigenvalue weighted by Crippen LogP contribution is -2.23. The van der Waals surface area contributed by atoms with Gasteiger partial charge >= 0.3 is 5.97 Å². The summed E-state index contributed by atoms with van der Waals surface area (Å²) in [5, 5.41) is 8.93. The highest BCUT2D eigenvalue weighted by Crippen LogP contribution is 2.23. The number of carbonyl (C=O) groups is 3. The summed E-state index contributed by atoms with van der Waals surface area (Å²) < 4.78 is 0. The number of hydrogen-bond acceptors (Lipinski definition) is 3. The fraction of sp³-hybridized carbons (Fsp3) is 0.0556. The van der Waals surface area contributed by atoms with Crippen molar-refractivity contribution in [3.8, 4) is 0 Å². The first-order valence-corrected chi connectivity index (χ1v) is 7.03. The number of aliphatic carboxylic acids is 1. The lowest BCUT2D eigenvalue weighted by atomic mass is 10.0. The average molecular weight is 307 g/mol. The summed E-state index contributed by atoms with van der Waals surface area (Å²) in [6.45, 7) is 0. The summed E-state index contributed by atoms with van der Waals surface area (Å²) in [6, 6.07) is 13.6. The molecule has 1 N–H and O–H groups in total. The van der Waals surface area contributed by atoms with Crippen molar-refractivity contribution in [3.05, 3.63) is 77.0 Å². The van der Waals surface area contributed by atoms with Crippen molar-refractivity contribution < 1.29 is 19.5 Å². The van der Waals surface area contributed by atoms with E-state index in [1.165, 1.54) is 6.20 Å². The smallest absolute Gasteiger partial charge is 0.307 e. The first kappa shape index (κ1) is 14.7. The normalized spacial score (nSPS) is 13.7. The molecule has 0 fully saturated rings. The number of fused-ring (bicyclic) bond motifs is 1. The highest BCUT2D eigenvalue weighted by Gasteiger charge is 2.33. The Labute approximate surface area is 132 Å². The van der Waals surface area contributed by atoms with Crippen LogP contribution in [0.3, 0.4) is 0 Å². The Balaban J connectivity index is 1.89. The van der Waals surface area contributed by atoms with Crippen LogP contribution in [0.5, 0.6) is 0 Å². The van der Waals surface area contributed by atoms with Gasteiger partial charge in [0, 0.05) is 6.20 Å². The van der Waals surface area contributed by atoms with Gasteiger partial charge < -0.3 is 5.11 Å². The van der Waals surface area contributed by atoms with Crippen LogP contribution >= 0.6 is 0 Å². The molecule has 114 valence electrons. The van der Waals surface area contributed by atoms with Crippen LogP contribution in [-0.2, 0) is 11.2 Å². The Hall–Kier alpha value is -3.21. The van der Waals surface area contributed by atoms with Crippen LogP contribution in [0.1, 0.15) is 31.8 Å². The number of nitrogens with zero attached hydrogens (tertiary/aromatic N) is 1. The van der Waals surface area contributed by atoms with E-state index in [2.05, 4.69) is 0 Å². The molecule has 0 radical (unpaired) electrons. The fourth-order valence-corrected chi connectivity index (χ4v) is 2.52. The van der Waals surface area contributed by atoms with E-state index in [9.17, 15) is 14.4 Å². The third kappa shape index (κ3) is 2.76. The second-order valence-corrected chi connectivity index (χ2v) is 5.11. The van der Waals surface area contributed by atoms with Crippen LogP contribution in [0.4, 0.5) is 0 Å². The number of benzene rings is 2. The van der Waals surface area contributed by atoms with E-state index in [1.807, 2.05) is 0 Å². The first-order valence-electron chi connectivity index (χ1n) is 7.03. The van der Waals surface area contributed by atoms with Gasteiger partial charge in [-0.2, -0.15) is 0 Å². The quantitative estimate of drug-likeness (QED) is 0.881. The predicted molar refractivity (Wildman–Crippen MR) is 83.8 cm³/mol. The van der Waals surface area contributed by atoms with Gasteiger partial charge in [-0.1, -0.05) is 36.4 Å². The number of carboxylic acid groups (broad SMARTS) is 1. The zero-order valence-corrected chi connectivity index (χ0v) is 12.1. The summed E-state index contributed by atoms with van der Waals surface area (Å²) >= 11 is 0. The van der Waals surface area contributed by atoms with Crippen molar-refractivity contribution in [1.29, 1.82) is 0 Å². The van der Waals surface area contributed by atoms with Crippen LogP contribution in [0.15, 0.2) is 54.7 Å². The lowest BCUT2D eigenvalue weighted by molar-refractivity contribution is -0.136. The Bertz CT molecular complexity index is 803. The SMILES string of the molecule is O=C(O)Cc1ccccc1C=CN1C(=O)c2ccccc2C1=O. The highest BCUT2D eigenvalue weighted by molar-refractivity contribution is 6.22. The van der Waals surface area contributed by atoms with Gasteiger partial charge in [-0.05, 0) is 29.3 Å². The van der Waals surface area contributed by atoms with Crippen molar-refractivity contribution in [2.75, 3.05) is 0 Å². The molecule has 0 spiro atoms. The largest absolute Gasteiger partial charge is 0.481 e. The number of carbonyl (C=O) groups excluding carboxylic acids is 2. The molecule has 0 aliphatic carbocycles. The van der Waals surface area contributed by atoms with Crippen molar-refractivity contribution in [3.63, 3.8) is 0 Å². The number of hydrogen-bond donors (Lipinski definition) is 1. The van der Waals surface area contributed by atoms with E-state index in [0.717, 1.165) is 4.90 Å².